The van der Waals surface area contributed by atoms with E-state index in [9.17, 15) is 18.7 Å². The molecule has 0 aliphatic rings. The van der Waals surface area contributed by atoms with Crippen LogP contribution in [0.5, 0.6) is 11.5 Å². The highest BCUT2D eigenvalue weighted by Gasteiger charge is 2.23. The number of rotatable bonds is 6. The van der Waals surface area contributed by atoms with Gasteiger partial charge in [0.25, 0.3) is 0 Å². The molecular weight excluding hydrogens is 384 g/mol. The molecule has 9 heteroatoms. The maximum absolute atomic E-state index is 14.8. The number of nitrogens with one attached hydrogen (secondary N) is 1. The van der Waals surface area contributed by atoms with Crippen molar-refractivity contribution < 1.29 is 23.1 Å². The maximum atomic E-state index is 14.8. The van der Waals surface area contributed by atoms with Gasteiger partial charge in [-0.3, -0.25) is 14.5 Å². The summed E-state index contributed by atoms with van der Waals surface area (Å²) < 4.78 is 39.2. The van der Waals surface area contributed by atoms with Gasteiger partial charge in [-0.25, -0.2) is 13.6 Å². The van der Waals surface area contributed by atoms with Gasteiger partial charge in [-0.2, -0.15) is 0 Å². The molecule has 7 nitrogen and oxygen atoms in total. The van der Waals surface area contributed by atoms with Crippen molar-refractivity contribution in [2.75, 3.05) is 0 Å². The minimum Gasteiger partial charge on any atom is -0.506 e. The Hall–Kier alpha value is -3.23. The van der Waals surface area contributed by atoms with Crippen molar-refractivity contribution in [2.24, 2.45) is 0 Å². The van der Waals surface area contributed by atoms with E-state index in [0.717, 1.165) is 0 Å². The van der Waals surface area contributed by atoms with Crippen molar-refractivity contribution in [1.29, 1.82) is 0 Å². The molecule has 154 valence electrons. The third-order valence-corrected chi connectivity index (χ3v) is 4.67. The fraction of sp³-hybridized carbons (Fsp3) is 0.350. The van der Waals surface area contributed by atoms with E-state index in [2.05, 4.69) is 19.6 Å². The average molecular weight is 405 g/mol. The number of H-pyrrole nitrogens is 1. The van der Waals surface area contributed by atoms with Gasteiger partial charge in [-0.15, -0.1) is 0 Å². The summed E-state index contributed by atoms with van der Waals surface area (Å²) in [6, 6.07) is 3.16. The molecule has 3 aromatic rings. The molecule has 0 atom stereocenters. The van der Waals surface area contributed by atoms with Crippen molar-refractivity contribution in [1.82, 2.24) is 15.1 Å². The van der Waals surface area contributed by atoms with Crippen LogP contribution in [0.3, 0.4) is 0 Å². The van der Waals surface area contributed by atoms with Crippen molar-refractivity contribution in [3.63, 3.8) is 0 Å². The van der Waals surface area contributed by atoms with Crippen LogP contribution in [-0.4, -0.2) is 20.2 Å². The van der Waals surface area contributed by atoms with Gasteiger partial charge in [-0.05, 0) is 48.6 Å². The molecule has 0 spiro atoms. The van der Waals surface area contributed by atoms with Crippen molar-refractivity contribution in [3.8, 4) is 11.5 Å². The second-order valence-electron chi connectivity index (χ2n) is 7.05. The number of hydrogen-bond donors (Lipinski definition) is 2. The van der Waals surface area contributed by atoms with Crippen molar-refractivity contribution in [2.45, 2.75) is 46.6 Å². The topological polar surface area (TPSA) is 101 Å². The first-order chi connectivity index (χ1) is 13.7. The van der Waals surface area contributed by atoms with E-state index < -0.39 is 23.1 Å². The average Bonchev–Trinajstić information content (AvgIpc) is 3.10. The number of aromatic hydroxyl groups is 1. The molecular formula is C20H21F2N3O4. The smallest absolute Gasteiger partial charge is 0.439 e. The Morgan fingerprint density at radius 3 is 2.41 bits per heavy atom. The van der Waals surface area contributed by atoms with E-state index in [4.69, 9.17) is 4.74 Å². The van der Waals surface area contributed by atoms with Gasteiger partial charge in [0, 0.05) is 12.1 Å². The minimum atomic E-state index is -0.836. The van der Waals surface area contributed by atoms with Crippen LogP contribution in [0.4, 0.5) is 8.78 Å². The van der Waals surface area contributed by atoms with E-state index in [0.29, 0.717) is 17.0 Å². The number of pyridine rings is 1. The van der Waals surface area contributed by atoms with Gasteiger partial charge in [0.2, 0.25) is 0 Å². The SMILES string of the molecule is Cc1c(F)c(OCc2noc(=O)[nH]2)c(F)c(C)c1Cc1ccc(O)c(C(C)C)n1. The quantitative estimate of drug-likeness (QED) is 0.649. The fourth-order valence-electron chi connectivity index (χ4n) is 3.05. The van der Waals surface area contributed by atoms with Gasteiger partial charge < -0.3 is 9.84 Å². The molecule has 0 radical (unpaired) electrons. The highest BCUT2D eigenvalue weighted by molar-refractivity contribution is 5.46. The largest absolute Gasteiger partial charge is 0.506 e. The zero-order valence-electron chi connectivity index (χ0n) is 16.5. The van der Waals surface area contributed by atoms with Crippen LogP contribution in [0.15, 0.2) is 21.5 Å². The van der Waals surface area contributed by atoms with Crippen LogP contribution in [0.25, 0.3) is 0 Å². The van der Waals surface area contributed by atoms with E-state index in [1.54, 1.807) is 6.07 Å². The molecule has 0 aliphatic carbocycles. The predicted molar refractivity (Wildman–Crippen MR) is 100 cm³/mol. The molecule has 0 amide bonds. The zero-order chi connectivity index (χ0) is 21.3. The number of ether oxygens (including phenoxy) is 1. The van der Waals surface area contributed by atoms with Crippen LogP contribution in [-0.2, 0) is 13.0 Å². The molecule has 0 saturated heterocycles. The third kappa shape index (κ3) is 4.13. The second kappa shape index (κ2) is 8.02. The van der Waals surface area contributed by atoms with E-state index >= 15 is 0 Å². The summed E-state index contributed by atoms with van der Waals surface area (Å²) in [7, 11) is 0. The molecule has 0 bridgehead atoms. The number of hydrogen-bond acceptors (Lipinski definition) is 6. The Morgan fingerprint density at radius 2 is 1.86 bits per heavy atom. The van der Waals surface area contributed by atoms with Gasteiger partial charge in [0.15, 0.2) is 23.2 Å². The summed E-state index contributed by atoms with van der Waals surface area (Å²) in [6.45, 7) is 6.51. The van der Waals surface area contributed by atoms with Crippen LogP contribution >= 0.6 is 0 Å². The predicted octanol–water partition coefficient (Wildman–Crippen LogP) is 3.65. The summed E-state index contributed by atoms with van der Waals surface area (Å²) in [5.74, 6) is -2.89. The lowest BCUT2D eigenvalue weighted by molar-refractivity contribution is 0.257. The monoisotopic (exact) mass is 405 g/mol. The molecule has 1 aromatic carbocycles. The van der Waals surface area contributed by atoms with E-state index in [1.165, 1.54) is 19.9 Å². The maximum Gasteiger partial charge on any atom is 0.439 e. The lowest BCUT2D eigenvalue weighted by Gasteiger charge is -2.17. The number of nitrogens with zero attached hydrogens (tertiary/aromatic N) is 2. The Labute approximate surface area is 165 Å². The lowest BCUT2D eigenvalue weighted by atomic mass is 9.96. The first-order valence-electron chi connectivity index (χ1n) is 9.02. The number of halogens is 2. The van der Waals surface area contributed by atoms with Crippen molar-refractivity contribution >= 4 is 0 Å². The Bertz CT molecular complexity index is 1080. The van der Waals surface area contributed by atoms with Gasteiger partial charge in [0.1, 0.15) is 12.4 Å². The highest BCUT2D eigenvalue weighted by Crippen LogP contribution is 2.33. The van der Waals surface area contributed by atoms with Crippen LogP contribution in [0, 0.1) is 25.5 Å². The lowest BCUT2D eigenvalue weighted by Crippen LogP contribution is -2.09. The summed E-state index contributed by atoms with van der Waals surface area (Å²) in [5.41, 5.74) is 2.03. The summed E-state index contributed by atoms with van der Waals surface area (Å²) >= 11 is 0. The molecule has 3 rings (SSSR count). The summed E-state index contributed by atoms with van der Waals surface area (Å²) in [5, 5.41) is 13.3. The molecule has 0 saturated carbocycles. The Kier molecular flexibility index (Phi) is 5.67. The van der Waals surface area contributed by atoms with Crippen LogP contribution in [0.1, 0.15) is 53.7 Å². The summed E-state index contributed by atoms with van der Waals surface area (Å²) in [4.78, 5) is 17.6. The van der Waals surface area contributed by atoms with Gasteiger partial charge in [-0.1, -0.05) is 19.0 Å². The number of benzene rings is 1. The standard InChI is InChI=1S/C20H21F2N3O4/c1-9(2)18-14(26)6-5-12(23-18)7-13-10(3)16(21)19(17(22)11(13)4)28-8-15-24-20(27)29-25-15/h5-6,9,26H,7-8H2,1-4H3,(H,24,25,27). The van der Waals surface area contributed by atoms with E-state index in [-0.39, 0.29) is 41.6 Å². The number of aromatic amines is 1. The Balaban J connectivity index is 1.93. The molecule has 29 heavy (non-hydrogen) atoms. The van der Waals surface area contributed by atoms with Gasteiger partial charge >= 0.3 is 5.76 Å². The normalized spacial score (nSPS) is 11.3. The first kappa shape index (κ1) is 20.5. The highest BCUT2D eigenvalue weighted by atomic mass is 19.1. The van der Waals surface area contributed by atoms with Crippen LogP contribution in [0.2, 0.25) is 0 Å². The van der Waals surface area contributed by atoms with E-state index in [1.807, 2.05) is 13.8 Å². The van der Waals surface area contributed by atoms with Crippen LogP contribution < -0.4 is 10.5 Å². The fourth-order valence-corrected chi connectivity index (χ4v) is 3.05. The molecule has 0 unspecified atom stereocenters. The molecule has 2 heterocycles. The Morgan fingerprint density at radius 1 is 1.21 bits per heavy atom. The molecule has 0 fully saturated rings. The summed E-state index contributed by atoms with van der Waals surface area (Å²) in [6.07, 6.45) is 0.197. The first-order valence-corrected chi connectivity index (χ1v) is 9.02. The number of aromatic nitrogens is 3. The zero-order valence-corrected chi connectivity index (χ0v) is 16.5. The molecule has 2 aromatic heterocycles. The molecule has 0 aliphatic heterocycles. The van der Waals surface area contributed by atoms with Crippen molar-refractivity contribution in [3.05, 3.63) is 68.2 Å². The minimum absolute atomic E-state index is 0.00404. The van der Waals surface area contributed by atoms with Gasteiger partial charge in [0.05, 0.1) is 5.69 Å². The molecule has 2 N–H and O–H groups in total. The third-order valence-electron chi connectivity index (χ3n) is 4.67. The second-order valence-corrected chi connectivity index (χ2v) is 7.05.